The summed E-state index contributed by atoms with van der Waals surface area (Å²) < 4.78 is 2.14. The maximum atomic E-state index is 11.0. The quantitative estimate of drug-likeness (QED) is 0.788. The molecule has 1 unspecified atom stereocenters. The molecule has 2 saturated carbocycles. The average molecular weight is 347 g/mol. The molecule has 1 atom stereocenters. The normalized spacial score (nSPS) is 26.8. The maximum absolute atomic E-state index is 11.0. The Morgan fingerprint density at radius 3 is 2.54 bits per heavy atom. The Morgan fingerprint density at radius 2 is 1.92 bits per heavy atom. The molecule has 2 aliphatic carbocycles. The van der Waals surface area contributed by atoms with Crippen molar-refractivity contribution in [2.75, 3.05) is 0 Å². The number of aliphatic hydroxyl groups excluding tert-OH is 1. The van der Waals surface area contributed by atoms with Gasteiger partial charge in [0.25, 0.3) is 0 Å². The Morgan fingerprint density at radius 1 is 1.21 bits per heavy atom. The van der Waals surface area contributed by atoms with Gasteiger partial charge in [-0.25, -0.2) is 4.98 Å². The lowest BCUT2D eigenvalue weighted by molar-refractivity contribution is 0.0962. The average Bonchev–Trinajstić information content (AvgIpc) is 3.15. The smallest absolute Gasteiger partial charge is 0.120 e. The molecule has 0 aromatic carbocycles. The lowest BCUT2D eigenvalue weighted by Crippen LogP contribution is -2.26. The highest BCUT2D eigenvalue weighted by Gasteiger charge is 2.34. The van der Waals surface area contributed by atoms with Crippen molar-refractivity contribution in [1.29, 1.82) is 0 Å². The lowest BCUT2D eigenvalue weighted by atomic mass is 9.69. The highest BCUT2D eigenvalue weighted by atomic mass is 32.1. The molecule has 4 heteroatoms. The number of fused-ring (bicyclic) bond motifs is 1. The van der Waals surface area contributed by atoms with Crippen LogP contribution in [-0.4, -0.2) is 14.5 Å². The fourth-order valence-electron chi connectivity index (χ4n) is 4.48. The van der Waals surface area contributed by atoms with E-state index in [2.05, 4.69) is 30.2 Å². The summed E-state index contributed by atoms with van der Waals surface area (Å²) in [5.41, 5.74) is 1.58. The predicted molar refractivity (Wildman–Crippen MR) is 99.5 cm³/mol. The first kappa shape index (κ1) is 16.6. The molecule has 2 aromatic heterocycles. The Balaban J connectivity index is 1.46. The standard InChI is InChI=1S/C20H30N2OS/c1-20(2,3)15-8-4-13(5-9-15)10-16(23)18-19(14-6-7-14)24-17-11-21-12-22(17)18/h11-16,23H,4-10H2,1-3H3/t13-,15-,16?. The van der Waals surface area contributed by atoms with Gasteiger partial charge in [0.05, 0.1) is 18.0 Å². The first-order valence-electron chi connectivity index (χ1n) is 9.56. The van der Waals surface area contributed by atoms with Crippen LogP contribution in [0.25, 0.3) is 4.83 Å². The lowest BCUT2D eigenvalue weighted by Gasteiger charge is -2.37. The van der Waals surface area contributed by atoms with E-state index in [0.717, 1.165) is 18.0 Å². The molecule has 2 aromatic rings. The Kier molecular flexibility index (Phi) is 4.24. The topological polar surface area (TPSA) is 37.5 Å². The second-order valence-electron chi connectivity index (χ2n) is 9.06. The van der Waals surface area contributed by atoms with Gasteiger partial charge in [0.2, 0.25) is 0 Å². The van der Waals surface area contributed by atoms with Crippen LogP contribution >= 0.6 is 11.3 Å². The van der Waals surface area contributed by atoms with Gasteiger partial charge in [-0.1, -0.05) is 33.6 Å². The number of hydrogen-bond donors (Lipinski definition) is 1. The molecule has 0 saturated heterocycles. The van der Waals surface area contributed by atoms with Crippen LogP contribution < -0.4 is 0 Å². The molecule has 132 valence electrons. The van der Waals surface area contributed by atoms with E-state index >= 15 is 0 Å². The first-order valence-corrected chi connectivity index (χ1v) is 10.4. The van der Waals surface area contributed by atoms with Gasteiger partial charge in [0.1, 0.15) is 11.2 Å². The number of thiazole rings is 1. The van der Waals surface area contributed by atoms with Gasteiger partial charge in [-0.05, 0) is 55.3 Å². The van der Waals surface area contributed by atoms with E-state index in [-0.39, 0.29) is 6.10 Å². The summed E-state index contributed by atoms with van der Waals surface area (Å²) in [6, 6.07) is 0. The first-order chi connectivity index (χ1) is 11.4. The summed E-state index contributed by atoms with van der Waals surface area (Å²) in [4.78, 5) is 6.87. The summed E-state index contributed by atoms with van der Waals surface area (Å²) in [5.74, 6) is 2.20. The third-order valence-electron chi connectivity index (χ3n) is 6.22. The molecule has 2 heterocycles. The van der Waals surface area contributed by atoms with Crippen molar-refractivity contribution < 1.29 is 5.11 Å². The zero-order valence-electron chi connectivity index (χ0n) is 15.2. The summed E-state index contributed by atoms with van der Waals surface area (Å²) in [6.07, 6.45) is 12.2. The molecule has 2 aliphatic rings. The zero-order valence-corrected chi connectivity index (χ0v) is 16.0. The van der Waals surface area contributed by atoms with E-state index in [1.54, 1.807) is 0 Å². The van der Waals surface area contributed by atoms with Crippen molar-refractivity contribution in [3.05, 3.63) is 23.1 Å². The second-order valence-corrected chi connectivity index (χ2v) is 10.1. The van der Waals surface area contributed by atoms with Gasteiger partial charge in [0.15, 0.2) is 0 Å². The van der Waals surface area contributed by atoms with Gasteiger partial charge < -0.3 is 5.11 Å². The maximum Gasteiger partial charge on any atom is 0.120 e. The van der Waals surface area contributed by atoms with Crippen molar-refractivity contribution in [3.63, 3.8) is 0 Å². The molecule has 0 radical (unpaired) electrons. The van der Waals surface area contributed by atoms with E-state index in [1.807, 2.05) is 23.9 Å². The number of aromatic nitrogens is 2. The summed E-state index contributed by atoms with van der Waals surface area (Å²) in [5, 5.41) is 11.0. The molecule has 1 N–H and O–H groups in total. The predicted octanol–water partition coefficient (Wildman–Crippen LogP) is 5.55. The molecular formula is C20H30N2OS. The van der Waals surface area contributed by atoms with Crippen molar-refractivity contribution in [2.24, 2.45) is 17.3 Å². The minimum Gasteiger partial charge on any atom is -0.387 e. The van der Waals surface area contributed by atoms with Crippen LogP contribution in [0.4, 0.5) is 0 Å². The third-order valence-corrected chi connectivity index (χ3v) is 7.50. The van der Waals surface area contributed by atoms with Crippen molar-refractivity contribution >= 4 is 16.2 Å². The van der Waals surface area contributed by atoms with E-state index in [1.165, 1.54) is 48.2 Å². The number of nitrogens with zero attached hydrogens (tertiary/aromatic N) is 2. The molecule has 0 bridgehead atoms. The van der Waals surface area contributed by atoms with Crippen molar-refractivity contribution in [3.8, 4) is 0 Å². The molecule has 0 spiro atoms. The van der Waals surface area contributed by atoms with Crippen LogP contribution in [0, 0.1) is 17.3 Å². The van der Waals surface area contributed by atoms with Crippen LogP contribution in [-0.2, 0) is 0 Å². The van der Waals surface area contributed by atoms with Crippen LogP contribution in [0.15, 0.2) is 12.5 Å². The van der Waals surface area contributed by atoms with Crippen molar-refractivity contribution in [2.45, 2.75) is 77.7 Å². The highest BCUT2D eigenvalue weighted by Crippen LogP contribution is 2.48. The SMILES string of the molecule is CC(C)(C)[C@H]1CC[C@H](CC(O)c2c(C3CC3)sc3cncn23)CC1. The number of rotatable bonds is 4. The molecule has 3 nitrogen and oxygen atoms in total. The van der Waals surface area contributed by atoms with Crippen LogP contribution in [0.3, 0.4) is 0 Å². The number of aliphatic hydroxyl groups is 1. The largest absolute Gasteiger partial charge is 0.387 e. The fourth-order valence-corrected chi connectivity index (χ4v) is 5.80. The number of hydrogen-bond acceptors (Lipinski definition) is 3. The Hall–Kier alpha value is -0.870. The summed E-state index contributed by atoms with van der Waals surface area (Å²) >= 11 is 1.84. The monoisotopic (exact) mass is 346 g/mol. The van der Waals surface area contributed by atoms with Gasteiger partial charge in [0, 0.05) is 4.88 Å². The van der Waals surface area contributed by atoms with E-state index in [4.69, 9.17) is 0 Å². The van der Waals surface area contributed by atoms with Crippen LogP contribution in [0.1, 0.15) is 88.3 Å². The fraction of sp³-hybridized carbons (Fsp3) is 0.750. The van der Waals surface area contributed by atoms with Gasteiger partial charge in [-0.2, -0.15) is 0 Å². The third kappa shape index (κ3) is 3.15. The van der Waals surface area contributed by atoms with E-state index in [9.17, 15) is 5.11 Å². The van der Waals surface area contributed by atoms with Gasteiger partial charge >= 0.3 is 0 Å². The molecule has 0 aliphatic heterocycles. The summed E-state index contributed by atoms with van der Waals surface area (Å²) in [6.45, 7) is 7.11. The molecule has 0 amide bonds. The summed E-state index contributed by atoms with van der Waals surface area (Å²) in [7, 11) is 0. The minimum absolute atomic E-state index is 0.334. The molecule has 4 rings (SSSR count). The van der Waals surface area contributed by atoms with Crippen LogP contribution in [0.5, 0.6) is 0 Å². The van der Waals surface area contributed by atoms with Gasteiger partial charge in [-0.15, -0.1) is 11.3 Å². The highest BCUT2D eigenvalue weighted by molar-refractivity contribution is 7.17. The van der Waals surface area contributed by atoms with Gasteiger partial charge in [-0.3, -0.25) is 4.40 Å². The number of imidazole rings is 1. The van der Waals surface area contributed by atoms with E-state index < -0.39 is 0 Å². The van der Waals surface area contributed by atoms with Crippen LogP contribution in [0.2, 0.25) is 0 Å². The van der Waals surface area contributed by atoms with Crippen molar-refractivity contribution in [1.82, 2.24) is 9.38 Å². The molecule has 2 fully saturated rings. The molecular weight excluding hydrogens is 316 g/mol. The Bertz CT molecular complexity index is 699. The van der Waals surface area contributed by atoms with E-state index in [0.29, 0.717) is 17.3 Å². The Labute approximate surface area is 149 Å². The minimum atomic E-state index is -0.334. The zero-order chi connectivity index (χ0) is 16.9. The molecule has 24 heavy (non-hydrogen) atoms. The second kappa shape index (κ2) is 6.14.